The number of nitrogens with zero attached hydrogens (tertiary/aromatic N) is 1. The summed E-state index contributed by atoms with van der Waals surface area (Å²) in [5.41, 5.74) is 0. The van der Waals surface area contributed by atoms with Gasteiger partial charge in [-0.25, -0.2) is 0 Å². The monoisotopic (exact) mass is 148 g/mol. The van der Waals surface area contributed by atoms with Crippen LogP contribution >= 0.6 is 0 Å². The van der Waals surface area contributed by atoms with Gasteiger partial charge in [-0.3, -0.25) is 0 Å². The van der Waals surface area contributed by atoms with Crippen molar-refractivity contribution in [3.8, 4) is 4.97 Å². The topological polar surface area (TPSA) is 23.8 Å². The van der Waals surface area contributed by atoms with Crippen molar-refractivity contribution in [3.63, 3.8) is 0 Å². The summed E-state index contributed by atoms with van der Waals surface area (Å²) in [7, 11) is 3.16. The van der Waals surface area contributed by atoms with Gasteiger partial charge >= 0.3 is 40.4 Å². The Balaban J connectivity index is 2.48. The molecule has 1 nitrogen and oxygen atoms in total. The molecule has 0 aliphatic carbocycles. The zero-order chi connectivity index (χ0) is 4.12. The van der Waals surface area contributed by atoms with Gasteiger partial charge in [-0.1, -0.05) is 0 Å². The molecule has 0 aliphatic heterocycles. The molecule has 0 saturated heterocycles. The van der Waals surface area contributed by atoms with Crippen molar-refractivity contribution in [2.75, 3.05) is 0 Å². The van der Waals surface area contributed by atoms with Crippen LogP contribution in [0, 0.1) is 10.2 Å². The fourth-order valence-corrected chi connectivity index (χ4v) is 0.503. The summed E-state index contributed by atoms with van der Waals surface area (Å²) in [6.45, 7) is 0. The summed E-state index contributed by atoms with van der Waals surface area (Å²) in [6.07, 6.45) is 0. The Morgan fingerprint density at radius 3 is 2.60 bits per heavy atom. The maximum atomic E-state index is 7.81. The minimum atomic E-state index is 0.177. The maximum absolute atomic E-state index is 7.81. The van der Waals surface area contributed by atoms with Crippen molar-refractivity contribution in [3.05, 3.63) is 0 Å². The van der Waals surface area contributed by atoms with Crippen LogP contribution in [-0.4, -0.2) is 25.2 Å². The fourth-order valence-electron chi connectivity index (χ4n) is 0.0323. The van der Waals surface area contributed by atoms with E-state index in [4.69, 9.17) is 5.26 Å². The molecule has 25 valence electrons. The summed E-state index contributed by atoms with van der Waals surface area (Å²) in [4.78, 5) is 2.88. The first-order valence-electron chi connectivity index (χ1n) is 1.07. The van der Waals surface area contributed by atoms with Crippen molar-refractivity contribution < 1.29 is 0 Å². The van der Waals surface area contributed by atoms with Crippen LogP contribution in [0.2, 0.25) is 4.94 Å². The summed E-state index contributed by atoms with van der Waals surface area (Å²) >= 11 is 0.177. The van der Waals surface area contributed by atoms with Crippen LogP contribution in [-0.2, 0) is 0 Å². The number of nitriles is 1. The molecule has 0 N–H and O–H groups in total. The van der Waals surface area contributed by atoms with Gasteiger partial charge < -0.3 is 0 Å². The molecule has 0 aromatic carbocycles. The second-order valence-corrected chi connectivity index (χ2v) is 3.47. The molecule has 3 heteroatoms. The molecule has 0 amide bonds. The molecule has 0 aliphatic rings. The molecular weight excluding hydrogens is 145 g/mol. The van der Waals surface area contributed by atoms with E-state index in [1.54, 1.807) is 0 Å². The van der Waals surface area contributed by atoms with Crippen LogP contribution in [0.4, 0.5) is 0 Å². The van der Waals surface area contributed by atoms with E-state index in [1.807, 2.05) is 4.97 Å². The van der Waals surface area contributed by atoms with Gasteiger partial charge in [0, 0.05) is 0 Å². The van der Waals surface area contributed by atoms with Gasteiger partial charge in [0.2, 0.25) is 0 Å². The summed E-state index contributed by atoms with van der Waals surface area (Å²) in [5, 5.41) is 7.81. The third-order valence-electron chi connectivity index (χ3n) is 0.137. The molecule has 0 aromatic rings. The molecule has 0 atom stereocenters. The third kappa shape index (κ3) is 4.23. The Bertz CT molecular complexity index is 48.1. The molecule has 0 rings (SSSR count). The van der Waals surface area contributed by atoms with Crippen LogP contribution in [0.15, 0.2) is 0 Å². The second-order valence-electron chi connectivity index (χ2n) is 0.380. The molecule has 0 bridgehead atoms. The average molecular weight is 147 g/mol. The van der Waals surface area contributed by atoms with Gasteiger partial charge in [-0.15, -0.1) is 0 Å². The Morgan fingerprint density at radius 2 is 2.60 bits per heavy atom. The van der Waals surface area contributed by atoms with Crippen molar-refractivity contribution in [1.29, 1.82) is 5.26 Å². The molecule has 0 saturated carbocycles. The van der Waals surface area contributed by atoms with Gasteiger partial charge in [0.1, 0.15) is 0 Å². The van der Waals surface area contributed by atoms with Crippen LogP contribution < -0.4 is 0 Å². The number of hydrogen-bond acceptors (Lipinski definition) is 1. The molecular formula is C2H2NSeSi. The van der Waals surface area contributed by atoms with Crippen LogP contribution in [0.1, 0.15) is 0 Å². The van der Waals surface area contributed by atoms with Gasteiger partial charge in [0.25, 0.3) is 0 Å². The SMILES string of the molecule is N#C[Se]C[Si]. The van der Waals surface area contributed by atoms with Gasteiger partial charge in [-0.2, -0.15) is 0 Å². The molecule has 0 fully saturated rings. The minimum absolute atomic E-state index is 0.177. The van der Waals surface area contributed by atoms with Crippen LogP contribution in [0.25, 0.3) is 0 Å². The van der Waals surface area contributed by atoms with E-state index in [0.717, 1.165) is 4.94 Å². The van der Waals surface area contributed by atoms with Crippen LogP contribution in [0.5, 0.6) is 0 Å². The first-order valence-corrected chi connectivity index (χ1v) is 3.84. The van der Waals surface area contributed by atoms with Gasteiger partial charge in [0.15, 0.2) is 0 Å². The third-order valence-corrected chi connectivity index (χ3v) is 1.46. The summed E-state index contributed by atoms with van der Waals surface area (Å²) in [5.74, 6) is 0. The standard InChI is InChI=1S/C2H2NSeSi/c3-1-4-2-5/h2H2. The normalized spacial score (nSPS) is 6.40. The van der Waals surface area contributed by atoms with E-state index in [1.165, 1.54) is 0 Å². The predicted molar refractivity (Wildman–Crippen MR) is 21.9 cm³/mol. The Morgan fingerprint density at radius 1 is 2.00 bits per heavy atom. The van der Waals surface area contributed by atoms with Crippen molar-refractivity contribution in [2.24, 2.45) is 0 Å². The van der Waals surface area contributed by atoms with Gasteiger partial charge in [-0.05, 0) is 0 Å². The predicted octanol–water partition coefficient (Wildman–Crippen LogP) is -0.284. The molecule has 0 unspecified atom stereocenters. The molecule has 0 spiro atoms. The van der Waals surface area contributed by atoms with Crippen molar-refractivity contribution in [1.82, 2.24) is 0 Å². The number of rotatable bonds is 1. The van der Waals surface area contributed by atoms with E-state index < -0.39 is 0 Å². The van der Waals surface area contributed by atoms with Gasteiger partial charge in [0.05, 0.1) is 0 Å². The molecule has 3 radical (unpaired) electrons. The Hall–Kier alpha value is 0.226. The zero-order valence-electron chi connectivity index (χ0n) is 2.56. The average Bonchev–Trinajstić information content (AvgIpc) is 1.41. The molecule has 0 aromatic heterocycles. The van der Waals surface area contributed by atoms with E-state index in [-0.39, 0.29) is 15.0 Å². The summed E-state index contributed by atoms with van der Waals surface area (Å²) < 4.78 is 0. The molecule has 0 heterocycles. The van der Waals surface area contributed by atoms with Crippen LogP contribution in [0.3, 0.4) is 0 Å². The van der Waals surface area contributed by atoms with E-state index in [0.29, 0.717) is 0 Å². The van der Waals surface area contributed by atoms with Crippen molar-refractivity contribution >= 4 is 25.2 Å². The second kappa shape index (κ2) is 4.23. The first kappa shape index (κ1) is 5.23. The molecule has 5 heavy (non-hydrogen) atoms. The Kier molecular flexibility index (Phi) is 4.42. The summed E-state index contributed by atoms with van der Waals surface area (Å²) in [6, 6.07) is 0. The number of hydrogen-bond donors (Lipinski definition) is 0. The van der Waals surface area contributed by atoms with E-state index in [2.05, 4.69) is 10.2 Å². The quantitative estimate of drug-likeness (QED) is 0.468. The first-order chi connectivity index (χ1) is 2.41. The zero-order valence-corrected chi connectivity index (χ0v) is 5.28. The van der Waals surface area contributed by atoms with E-state index in [9.17, 15) is 0 Å². The van der Waals surface area contributed by atoms with E-state index >= 15 is 0 Å². The van der Waals surface area contributed by atoms with Crippen molar-refractivity contribution in [2.45, 2.75) is 4.94 Å². The Labute approximate surface area is 40.9 Å². The fraction of sp³-hybridized carbons (Fsp3) is 0.500.